The molecule has 0 saturated heterocycles. The average molecular weight is 156 g/mol. The number of carbonyl (C=O) groups is 1. The molecule has 1 atom stereocenters. The number of hydrogen-bond donors (Lipinski definition) is 0. The van der Waals surface area contributed by atoms with E-state index in [-0.39, 0.29) is 5.92 Å². The van der Waals surface area contributed by atoms with E-state index in [1.165, 1.54) is 0 Å². The molecule has 0 aliphatic heterocycles. The Hall–Kier alpha value is -0.373. The van der Waals surface area contributed by atoms with Crippen molar-refractivity contribution >= 4 is 14.4 Å². The fourth-order valence-corrected chi connectivity index (χ4v) is 2.20. The summed E-state index contributed by atoms with van der Waals surface area (Å²) in [6.45, 7) is 12.4. The third-order valence-electron chi connectivity index (χ3n) is 1.72. The average Bonchev–Trinajstić information content (AvgIpc) is 1.83. The molecule has 0 aromatic carbocycles. The van der Waals surface area contributed by atoms with Crippen LogP contribution in [0.25, 0.3) is 0 Å². The lowest BCUT2D eigenvalue weighted by Gasteiger charge is -2.21. The summed E-state index contributed by atoms with van der Waals surface area (Å²) in [7, 11) is -1.27. The Kier molecular flexibility index (Phi) is 3.03. The molecule has 58 valence electrons. The fourth-order valence-electron chi connectivity index (χ4n) is 0.765. The molecule has 0 N–H and O–H groups in total. The summed E-state index contributed by atoms with van der Waals surface area (Å²) < 4.78 is 0. The van der Waals surface area contributed by atoms with Crippen LogP contribution in [0.3, 0.4) is 0 Å². The Morgan fingerprint density at radius 3 is 2.00 bits per heavy atom. The van der Waals surface area contributed by atoms with Gasteiger partial charge in [-0.25, -0.2) is 0 Å². The number of carbonyl (C=O) groups excluding carboxylic acids is 1. The van der Waals surface area contributed by atoms with Crippen LogP contribution in [-0.2, 0) is 4.79 Å². The summed E-state index contributed by atoms with van der Waals surface area (Å²) in [4.78, 5) is 10.4. The van der Waals surface area contributed by atoms with Gasteiger partial charge in [0.05, 0.1) is 8.07 Å². The van der Waals surface area contributed by atoms with Crippen LogP contribution in [0.5, 0.6) is 0 Å². The SMILES string of the molecule is C=C(C(C)C=O)[Si](C)(C)C. The zero-order valence-corrected chi connectivity index (χ0v) is 8.27. The van der Waals surface area contributed by atoms with Crippen LogP contribution in [0, 0.1) is 5.92 Å². The maximum absolute atomic E-state index is 10.4. The summed E-state index contributed by atoms with van der Waals surface area (Å²) in [5.74, 6) is 0.0478. The van der Waals surface area contributed by atoms with Gasteiger partial charge in [-0.15, -0.1) is 6.58 Å². The summed E-state index contributed by atoms with van der Waals surface area (Å²) >= 11 is 0. The lowest BCUT2D eigenvalue weighted by Crippen LogP contribution is -2.27. The lowest BCUT2D eigenvalue weighted by molar-refractivity contribution is -0.109. The number of hydrogen-bond acceptors (Lipinski definition) is 1. The highest BCUT2D eigenvalue weighted by Gasteiger charge is 2.21. The predicted octanol–water partition coefficient (Wildman–Crippen LogP) is 2.25. The Morgan fingerprint density at radius 2 is 1.90 bits per heavy atom. The van der Waals surface area contributed by atoms with E-state index in [0.717, 1.165) is 11.5 Å². The van der Waals surface area contributed by atoms with E-state index >= 15 is 0 Å². The maximum Gasteiger partial charge on any atom is 0.126 e. The van der Waals surface area contributed by atoms with Gasteiger partial charge in [-0.05, 0) is 0 Å². The van der Waals surface area contributed by atoms with E-state index < -0.39 is 8.07 Å². The molecule has 0 aromatic rings. The monoisotopic (exact) mass is 156 g/mol. The van der Waals surface area contributed by atoms with Gasteiger partial charge in [0.25, 0.3) is 0 Å². The van der Waals surface area contributed by atoms with Crippen molar-refractivity contribution in [1.29, 1.82) is 0 Å². The van der Waals surface area contributed by atoms with Gasteiger partial charge in [-0.3, -0.25) is 0 Å². The van der Waals surface area contributed by atoms with E-state index in [0.29, 0.717) is 0 Å². The summed E-state index contributed by atoms with van der Waals surface area (Å²) in [6.07, 6.45) is 0.973. The molecule has 0 heterocycles. The van der Waals surface area contributed by atoms with Gasteiger partial charge in [0, 0.05) is 5.92 Å². The molecule has 0 aliphatic rings. The van der Waals surface area contributed by atoms with Gasteiger partial charge >= 0.3 is 0 Å². The lowest BCUT2D eigenvalue weighted by atomic mass is 10.2. The van der Waals surface area contributed by atoms with Crippen molar-refractivity contribution in [1.82, 2.24) is 0 Å². The second kappa shape index (κ2) is 3.15. The molecule has 0 radical (unpaired) electrons. The minimum atomic E-state index is -1.27. The van der Waals surface area contributed by atoms with Gasteiger partial charge in [-0.1, -0.05) is 31.8 Å². The smallest absolute Gasteiger partial charge is 0.126 e. The van der Waals surface area contributed by atoms with Crippen molar-refractivity contribution in [2.45, 2.75) is 26.6 Å². The van der Waals surface area contributed by atoms with E-state index in [2.05, 4.69) is 26.2 Å². The highest BCUT2D eigenvalue weighted by atomic mass is 28.3. The molecule has 0 bridgehead atoms. The molecule has 1 nitrogen and oxygen atoms in total. The van der Waals surface area contributed by atoms with E-state index in [1.54, 1.807) is 0 Å². The van der Waals surface area contributed by atoms with Crippen molar-refractivity contribution in [3.63, 3.8) is 0 Å². The minimum Gasteiger partial charge on any atom is -0.303 e. The van der Waals surface area contributed by atoms with Gasteiger partial charge in [0.15, 0.2) is 0 Å². The van der Waals surface area contributed by atoms with E-state index in [1.807, 2.05) is 6.92 Å². The summed E-state index contributed by atoms with van der Waals surface area (Å²) in [5, 5.41) is 1.14. The van der Waals surface area contributed by atoms with Crippen molar-refractivity contribution in [3.8, 4) is 0 Å². The zero-order chi connectivity index (χ0) is 8.36. The third-order valence-corrected chi connectivity index (χ3v) is 4.10. The molecule has 2 heteroatoms. The number of allylic oxidation sites excluding steroid dienone is 1. The van der Waals surface area contributed by atoms with Crippen LogP contribution in [0.15, 0.2) is 11.8 Å². The first-order valence-corrected chi connectivity index (χ1v) is 7.04. The summed E-state index contributed by atoms with van der Waals surface area (Å²) in [5.41, 5.74) is 0. The molecule has 0 amide bonds. The Labute approximate surface area is 64.1 Å². The highest BCUT2D eigenvalue weighted by Crippen LogP contribution is 2.18. The van der Waals surface area contributed by atoms with Crippen molar-refractivity contribution in [2.24, 2.45) is 5.92 Å². The molecular formula is C8H16OSi. The van der Waals surface area contributed by atoms with Crippen LogP contribution in [0.2, 0.25) is 19.6 Å². The largest absolute Gasteiger partial charge is 0.303 e. The zero-order valence-electron chi connectivity index (χ0n) is 7.27. The Bertz CT molecular complexity index is 144. The standard InChI is InChI=1S/C8H16OSi/c1-7(6-9)8(2)10(3,4)5/h6-7H,2H2,1,3-5H3. The Balaban J connectivity index is 4.22. The molecule has 0 saturated carbocycles. The second-order valence-electron chi connectivity index (χ2n) is 3.70. The van der Waals surface area contributed by atoms with Crippen LogP contribution < -0.4 is 0 Å². The van der Waals surface area contributed by atoms with Crippen LogP contribution in [-0.4, -0.2) is 14.4 Å². The fraction of sp³-hybridized carbons (Fsp3) is 0.625. The van der Waals surface area contributed by atoms with Gasteiger partial charge < -0.3 is 4.79 Å². The molecule has 1 unspecified atom stereocenters. The third kappa shape index (κ3) is 2.48. The van der Waals surface area contributed by atoms with Crippen LogP contribution >= 0.6 is 0 Å². The van der Waals surface area contributed by atoms with E-state index in [9.17, 15) is 4.79 Å². The number of rotatable bonds is 3. The van der Waals surface area contributed by atoms with Crippen molar-refractivity contribution in [2.75, 3.05) is 0 Å². The van der Waals surface area contributed by atoms with E-state index in [4.69, 9.17) is 0 Å². The van der Waals surface area contributed by atoms with Gasteiger partial charge in [0.2, 0.25) is 0 Å². The maximum atomic E-state index is 10.4. The molecule has 0 aliphatic carbocycles. The summed E-state index contributed by atoms with van der Waals surface area (Å²) in [6, 6.07) is 0. The van der Waals surface area contributed by atoms with Crippen LogP contribution in [0.4, 0.5) is 0 Å². The van der Waals surface area contributed by atoms with Gasteiger partial charge in [-0.2, -0.15) is 0 Å². The first kappa shape index (κ1) is 9.63. The predicted molar refractivity (Wildman–Crippen MR) is 47.7 cm³/mol. The molecule has 0 spiro atoms. The first-order chi connectivity index (χ1) is 4.39. The van der Waals surface area contributed by atoms with Crippen molar-refractivity contribution < 1.29 is 4.79 Å². The molecular weight excluding hydrogens is 140 g/mol. The number of aldehydes is 1. The van der Waals surface area contributed by atoms with Crippen molar-refractivity contribution in [3.05, 3.63) is 11.8 Å². The first-order valence-electron chi connectivity index (χ1n) is 3.54. The second-order valence-corrected chi connectivity index (χ2v) is 8.84. The Morgan fingerprint density at radius 1 is 1.50 bits per heavy atom. The molecule has 0 aromatic heterocycles. The topological polar surface area (TPSA) is 17.1 Å². The highest BCUT2D eigenvalue weighted by molar-refractivity contribution is 6.83. The quantitative estimate of drug-likeness (QED) is 0.452. The van der Waals surface area contributed by atoms with Crippen LogP contribution in [0.1, 0.15) is 6.92 Å². The molecule has 0 fully saturated rings. The minimum absolute atomic E-state index is 0.0478. The molecule has 0 rings (SSSR count). The normalized spacial score (nSPS) is 14.4. The molecule has 10 heavy (non-hydrogen) atoms. The van der Waals surface area contributed by atoms with Gasteiger partial charge in [0.1, 0.15) is 6.29 Å².